The van der Waals surface area contributed by atoms with Crippen molar-refractivity contribution in [1.29, 1.82) is 0 Å². The Kier molecular flexibility index (Phi) is 5.99. The lowest BCUT2D eigenvalue weighted by molar-refractivity contribution is 0.0951. The van der Waals surface area contributed by atoms with Crippen LogP contribution in [0.4, 0.5) is 0 Å². The molecular formula is C20H25N3O. The minimum atomic E-state index is 0.00919. The monoisotopic (exact) mass is 323 g/mol. The molecule has 126 valence electrons. The number of piperazine rings is 1. The largest absolute Gasteiger partial charge is 0.352 e. The number of benzene rings is 2. The number of hydrogen-bond donors (Lipinski definition) is 2. The van der Waals surface area contributed by atoms with Gasteiger partial charge in [-0.3, -0.25) is 4.79 Å². The molecule has 1 amide bonds. The Morgan fingerprint density at radius 1 is 0.958 bits per heavy atom. The summed E-state index contributed by atoms with van der Waals surface area (Å²) < 4.78 is 0. The maximum Gasteiger partial charge on any atom is 0.251 e. The van der Waals surface area contributed by atoms with E-state index in [2.05, 4.69) is 27.7 Å². The predicted octanol–water partition coefficient (Wildman–Crippen LogP) is 2.38. The minimum absolute atomic E-state index is 0.00919. The number of nitrogens with zero attached hydrogens (tertiary/aromatic N) is 1. The standard InChI is InChI=1S/C20H25N3O/c24-20(22-11-4-14-23-15-12-21-13-16-23)19-9-7-18(8-10-19)17-5-2-1-3-6-17/h1-3,5-10,21H,4,11-16H2,(H,22,24). The van der Waals surface area contributed by atoms with Gasteiger partial charge in [-0.25, -0.2) is 0 Å². The smallest absolute Gasteiger partial charge is 0.251 e. The van der Waals surface area contributed by atoms with Gasteiger partial charge >= 0.3 is 0 Å². The highest BCUT2D eigenvalue weighted by Gasteiger charge is 2.09. The van der Waals surface area contributed by atoms with Gasteiger partial charge in [0.05, 0.1) is 0 Å². The van der Waals surface area contributed by atoms with E-state index >= 15 is 0 Å². The molecule has 0 bridgehead atoms. The van der Waals surface area contributed by atoms with Gasteiger partial charge < -0.3 is 15.5 Å². The molecule has 0 aliphatic carbocycles. The molecule has 1 fully saturated rings. The molecule has 0 spiro atoms. The molecule has 0 unspecified atom stereocenters. The van der Waals surface area contributed by atoms with Crippen molar-refractivity contribution >= 4 is 5.91 Å². The van der Waals surface area contributed by atoms with Crippen molar-refractivity contribution < 1.29 is 4.79 Å². The first-order valence-electron chi connectivity index (χ1n) is 8.70. The van der Waals surface area contributed by atoms with Crippen molar-refractivity contribution in [3.8, 4) is 11.1 Å². The summed E-state index contributed by atoms with van der Waals surface area (Å²) in [4.78, 5) is 14.7. The third kappa shape index (κ3) is 4.66. The number of hydrogen-bond acceptors (Lipinski definition) is 3. The molecule has 4 nitrogen and oxygen atoms in total. The van der Waals surface area contributed by atoms with E-state index < -0.39 is 0 Å². The lowest BCUT2D eigenvalue weighted by Gasteiger charge is -2.27. The molecule has 2 N–H and O–H groups in total. The average Bonchev–Trinajstić information content (AvgIpc) is 2.67. The molecule has 1 aliphatic heterocycles. The molecule has 2 aromatic carbocycles. The fourth-order valence-electron chi connectivity index (χ4n) is 2.99. The fraction of sp³-hybridized carbons (Fsp3) is 0.350. The molecule has 1 saturated heterocycles. The van der Waals surface area contributed by atoms with Crippen LogP contribution < -0.4 is 10.6 Å². The molecule has 3 rings (SSSR count). The zero-order valence-corrected chi connectivity index (χ0v) is 14.0. The van der Waals surface area contributed by atoms with Crippen LogP contribution in [0.25, 0.3) is 11.1 Å². The third-order valence-electron chi connectivity index (χ3n) is 4.40. The van der Waals surface area contributed by atoms with Crippen LogP contribution in [0.1, 0.15) is 16.8 Å². The second-order valence-corrected chi connectivity index (χ2v) is 6.14. The van der Waals surface area contributed by atoms with Gasteiger partial charge in [-0.2, -0.15) is 0 Å². The van der Waals surface area contributed by atoms with Gasteiger partial charge in [0, 0.05) is 38.3 Å². The maximum absolute atomic E-state index is 12.2. The van der Waals surface area contributed by atoms with Crippen LogP contribution in [-0.2, 0) is 0 Å². The van der Waals surface area contributed by atoms with Crippen molar-refractivity contribution in [1.82, 2.24) is 15.5 Å². The molecule has 1 heterocycles. The summed E-state index contributed by atoms with van der Waals surface area (Å²) in [5.41, 5.74) is 3.02. The quantitative estimate of drug-likeness (QED) is 0.802. The highest BCUT2D eigenvalue weighted by molar-refractivity contribution is 5.94. The average molecular weight is 323 g/mol. The van der Waals surface area contributed by atoms with Crippen LogP contribution in [0.3, 0.4) is 0 Å². The summed E-state index contributed by atoms with van der Waals surface area (Å²) in [6.07, 6.45) is 0.994. The van der Waals surface area contributed by atoms with Gasteiger partial charge in [0.15, 0.2) is 0 Å². The van der Waals surface area contributed by atoms with Gasteiger partial charge in [-0.05, 0) is 36.2 Å². The van der Waals surface area contributed by atoms with Gasteiger partial charge in [0.2, 0.25) is 0 Å². The molecule has 0 radical (unpaired) electrons. The summed E-state index contributed by atoms with van der Waals surface area (Å²) in [5.74, 6) is 0.00919. The summed E-state index contributed by atoms with van der Waals surface area (Å²) in [5, 5.41) is 6.37. The van der Waals surface area contributed by atoms with E-state index in [0.29, 0.717) is 0 Å². The second kappa shape index (κ2) is 8.62. The molecular weight excluding hydrogens is 298 g/mol. The van der Waals surface area contributed by atoms with E-state index in [0.717, 1.165) is 56.8 Å². The van der Waals surface area contributed by atoms with Crippen molar-refractivity contribution in [3.05, 3.63) is 60.2 Å². The van der Waals surface area contributed by atoms with Crippen molar-refractivity contribution in [2.75, 3.05) is 39.3 Å². The van der Waals surface area contributed by atoms with E-state index in [1.54, 1.807) is 0 Å². The number of amides is 1. The molecule has 0 aromatic heterocycles. The van der Waals surface area contributed by atoms with E-state index in [4.69, 9.17) is 0 Å². The topological polar surface area (TPSA) is 44.4 Å². The Hall–Kier alpha value is -2.17. The van der Waals surface area contributed by atoms with Crippen LogP contribution in [-0.4, -0.2) is 50.1 Å². The fourth-order valence-corrected chi connectivity index (χ4v) is 2.99. The predicted molar refractivity (Wildman–Crippen MR) is 98.1 cm³/mol. The Bertz CT molecular complexity index is 634. The highest BCUT2D eigenvalue weighted by atomic mass is 16.1. The van der Waals surface area contributed by atoms with Crippen molar-refractivity contribution in [3.63, 3.8) is 0 Å². The maximum atomic E-state index is 12.2. The number of rotatable bonds is 6. The number of carbonyl (C=O) groups is 1. The van der Waals surface area contributed by atoms with Gasteiger partial charge in [0.25, 0.3) is 5.91 Å². The van der Waals surface area contributed by atoms with Gasteiger partial charge in [-0.15, -0.1) is 0 Å². The van der Waals surface area contributed by atoms with Crippen LogP contribution >= 0.6 is 0 Å². The van der Waals surface area contributed by atoms with Crippen molar-refractivity contribution in [2.45, 2.75) is 6.42 Å². The van der Waals surface area contributed by atoms with Gasteiger partial charge in [0.1, 0.15) is 0 Å². The first kappa shape index (κ1) is 16.7. The van der Waals surface area contributed by atoms with Gasteiger partial charge in [-0.1, -0.05) is 42.5 Å². The van der Waals surface area contributed by atoms with Crippen LogP contribution in [0.2, 0.25) is 0 Å². The summed E-state index contributed by atoms with van der Waals surface area (Å²) >= 11 is 0. The zero-order chi connectivity index (χ0) is 16.6. The molecule has 0 atom stereocenters. The normalized spacial score (nSPS) is 15.2. The molecule has 24 heavy (non-hydrogen) atoms. The van der Waals surface area contributed by atoms with Crippen LogP contribution in [0.15, 0.2) is 54.6 Å². The first-order chi connectivity index (χ1) is 11.8. The second-order valence-electron chi connectivity index (χ2n) is 6.14. The highest BCUT2D eigenvalue weighted by Crippen LogP contribution is 2.19. The Labute approximate surface area is 143 Å². The van der Waals surface area contributed by atoms with Crippen LogP contribution in [0, 0.1) is 0 Å². The minimum Gasteiger partial charge on any atom is -0.352 e. The Morgan fingerprint density at radius 2 is 1.62 bits per heavy atom. The summed E-state index contributed by atoms with van der Waals surface area (Å²) in [6.45, 7) is 6.13. The summed E-state index contributed by atoms with van der Waals surface area (Å²) in [7, 11) is 0. The lowest BCUT2D eigenvalue weighted by atomic mass is 10.0. The lowest BCUT2D eigenvalue weighted by Crippen LogP contribution is -2.44. The number of nitrogens with one attached hydrogen (secondary N) is 2. The molecule has 4 heteroatoms. The Morgan fingerprint density at radius 3 is 2.33 bits per heavy atom. The summed E-state index contributed by atoms with van der Waals surface area (Å²) in [6, 6.07) is 18.0. The zero-order valence-electron chi connectivity index (χ0n) is 14.0. The van der Waals surface area contributed by atoms with Crippen molar-refractivity contribution in [2.24, 2.45) is 0 Å². The third-order valence-corrected chi connectivity index (χ3v) is 4.40. The first-order valence-corrected chi connectivity index (χ1v) is 8.70. The Balaban J connectivity index is 1.45. The molecule has 2 aromatic rings. The van der Waals surface area contributed by atoms with Crippen LogP contribution in [0.5, 0.6) is 0 Å². The van der Waals surface area contributed by atoms with E-state index in [1.807, 2.05) is 42.5 Å². The molecule has 1 aliphatic rings. The van der Waals surface area contributed by atoms with E-state index in [9.17, 15) is 4.79 Å². The SMILES string of the molecule is O=C(NCCCN1CCNCC1)c1ccc(-c2ccccc2)cc1. The van der Waals surface area contributed by atoms with E-state index in [-0.39, 0.29) is 5.91 Å². The van der Waals surface area contributed by atoms with E-state index in [1.165, 1.54) is 5.56 Å². The molecule has 0 saturated carbocycles. The number of carbonyl (C=O) groups excluding carboxylic acids is 1.